The average Bonchev–Trinajstić information content (AvgIpc) is 0.771. The Morgan fingerprint density at radius 1 is 0.385 bits per heavy atom. The molecule has 0 aliphatic carbocycles. The molecule has 3 aromatic heterocycles. The summed E-state index contributed by atoms with van der Waals surface area (Å²) < 4.78 is 45.5. The largest absolute Gasteiger partial charge is 0.392 e. The molecule has 12 rings (SSSR count). The summed E-state index contributed by atoms with van der Waals surface area (Å²) in [7, 11) is 0. The van der Waals surface area contributed by atoms with Crippen molar-refractivity contribution in [1.29, 1.82) is 0 Å². The number of Topliss-reactive ketones (excluding diaryl/α,β-unsaturated/α-hetero) is 6. The number of carbonyl (C=O) groups is 6. The first-order chi connectivity index (χ1) is 52.6. The number of nitrogens with one attached hydrogen (secondary N) is 3. The number of para-hydroxylation sites is 3. The van der Waals surface area contributed by atoms with Gasteiger partial charge in [0.05, 0.1) is 56.9 Å². The monoisotopic (exact) mass is 1460 g/mol. The van der Waals surface area contributed by atoms with Crippen LogP contribution in [0.3, 0.4) is 0 Å². The van der Waals surface area contributed by atoms with Crippen LogP contribution >= 0.6 is 0 Å². The minimum Gasteiger partial charge on any atom is -0.392 e. The van der Waals surface area contributed by atoms with Crippen molar-refractivity contribution < 1.29 is 47.0 Å². The van der Waals surface area contributed by atoms with Crippen molar-refractivity contribution in [2.45, 2.75) is 157 Å². The molecule has 0 aliphatic rings. The minimum absolute atomic E-state index is 0.00441. The first-order valence-electron chi connectivity index (χ1n) is 37.5. The molecule has 3 atom stereocenters. The van der Waals surface area contributed by atoms with Gasteiger partial charge in [0.1, 0.15) is 34.8 Å². The van der Waals surface area contributed by atoms with Crippen LogP contribution in [-0.4, -0.2) is 54.8 Å². The zero-order valence-corrected chi connectivity index (χ0v) is 63.3. The van der Waals surface area contributed by atoms with Crippen LogP contribution in [-0.2, 0) is 21.0 Å². The summed E-state index contributed by atoms with van der Waals surface area (Å²) in [6, 6.07) is 59.3. The van der Waals surface area contributed by atoms with Crippen LogP contribution < -0.4 is 16.0 Å². The maximum atomic E-state index is 15.3. The summed E-state index contributed by atoms with van der Waals surface area (Å²) in [4.78, 5) is 87.6. The van der Waals surface area contributed by atoms with E-state index in [9.17, 15) is 33.9 Å². The van der Waals surface area contributed by atoms with Crippen molar-refractivity contribution in [1.82, 2.24) is 15.0 Å². The molecule has 0 saturated carbocycles. The van der Waals surface area contributed by atoms with Crippen LogP contribution in [0.25, 0.3) is 66.1 Å². The van der Waals surface area contributed by atoms with Crippen molar-refractivity contribution in [3.63, 3.8) is 0 Å². The van der Waals surface area contributed by atoms with Gasteiger partial charge in [-0.25, -0.2) is 13.2 Å². The lowest BCUT2D eigenvalue weighted by molar-refractivity contribution is -0.120. The standard InChI is InChI=1S/C32H33FN2O3.C31H31FN2O2.C30H29FN2O2/c1-4-9-24(37)14-20(3)25-13-12-21(15-29(25)33)26-17-27-30(16-22(26)19-36)34-18-28(31(38)5-2)32(27)35-23-10-7-6-8-11-23;1-4-9-24(35)16-20(3)25-14-12-22(18-28(25)32)21-13-15-29-26(17-21)31(27(19-33-29)30(36)5-2)34-23-10-7-6-8-11-23;1-4-8-24(35)15-19(2)25-13-11-22(17-28(25)31)21-12-14-29-26(16-21)30(27(18-32-29)20(3)34)33-23-9-6-5-7-10-23/h6-8,10-13,15-18,20,36H,4-5,9,14,19H2,1-3H3,(H,34,35);6-8,10-15,17-20H,4-5,9,16H2,1-3H3,(H,33,34);5-7,9-14,16-19H,4,8,15H2,1-3H3,(H,32,33). The van der Waals surface area contributed by atoms with E-state index in [1.165, 1.54) is 25.1 Å². The quantitative estimate of drug-likeness (QED) is 0.0311. The molecule has 0 amide bonds. The van der Waals surface area contributed by atoms with E-state index in [1.54, 1.807) is 49.8 Å². The van der Waals surface area contributed by atoms with Gasteiger partial charge in [-0.05, 0) is 191 Å². The van der Waals surface area contributed by atoms with Gasteiger partial charge < -0.3 is 21.1 Å². The van der Waals surface area contributed by atoms with Gasteiger partial charge in [0.25, 0.3) is 0 Å². The van der Waals surface area contributed by atoms with Crippen molar-refractivity contribution >= 4 is 102 Å². The zero-order valence-electron chi connectivity index (χ0n) is 63.3. The molecule has 4 N–H and O–H groups in total. The second-order valence-corrected chi connectivity index (χ2v) is 27.8. The van der Waals surface area contributed by atoms with Crippen LogP contribution in [0.4, 0.5) is 47.3 Å². The molecule has 0 radical (unpaired) electrons. The molecule has 0 aliphatic heterocycles. The fourth-order valence-electron chi connectivity index (χ4n) is 13.7. The number of halogens is 3. The third-order valence-electron chi connectivity index (χ3n) is 19.5. The summed E-state index contributed by atoms with van der Waals surface area (Å²) in [5.74, 6) is -1.32. The molecule has 16 heteroatoms. The number of aliphatic hydroxyl groups is 1. The van der Waals surface area contributed by atoms with Gasteiger partial charge in [-0.15, -0.1) is 0 Å². The second kappa shape index (κ2) is 37.8. The molecule has 9 aromatic carbocycles. The van der Waals surface area contributed by atoms with E-state index < -0.39 is 0 Å². The number of carbonyl (C=O) groups excluding carboxylic acids is 6. The Morgan fingerprint density at radius 3 is 1.06 bits per heavy atom. The van der Waals surface area contributed by atoms with Gasteiger partial charge in [-0.1, -0.05) is 159 Å². The Morgan fingerprint density at radius 2 is 0.706 bits per heavy atom. The van der Waals surface area contributed by atoms with Gasteiger partial charge in [0.15, 0.2) is 17.3 Å². The maximum absolute atomic E-state index is 15.3. The number of anilines is 6. The first-order valence-corrected chi connectivity index (χ1v) is 37.5. The molecule has 0 fully saturated rings. The van der Waals surface area contributed by atoms with Crippen molar-refractivity contribution in [2.24, 2.45) is 0 Å². The molecular weight excluding hydrogens is 1370 g/mol. The van der Waals surface area contributed by atoms with Gasteiger partial charge in [-0.3, -0.25) is 43.7 Å². The lowest BCUT2D eigenvalue weighted by Crippen LogP contribution is -2.06. The first kappa shape index (κ1) is 79.9. The molecule has 3 unspecified atom stereocenters. The number of benzene rings is 9. The highest BCUT2D eigenvalue weighted by Crippen LogP contribution is 2.40. The maximum Gasteiger partial charge on any atom is 0.166 e. The molecule has 0 bridgehead atoms. The predicted octanol–water partition coefficient (Wildman–Crippen LogP) is 23.8. The summed E-state index contributed by atoms with van der Waals surface area (Å²) in [6.45, 7) is 16.4. The van der Waals surface area contributed by atoms with E-state index in [0.717, 1.165) is 80.4 Å². The van der Waals surface area contributed by atoms with Crippen LogP contribution in [0, 0.1) is 17.5 Å². The fraction of sp³-hybridized carbons (Fsp3) is 0.258. The van der Waals surface area contributed by atoms with Crippen molar-refractivity contribution in [3.05, 3.63) is 269 Å². The number of hydrogen-bond acceptors (Lipinski definition) is 13. The van der Waals surface area contributed by atoms with Crippen LogP contribution in [0.2, 0.25) is 0 Å². The number of fused-ring (bicyclic) bond motifs is 3. The van der Waals surface area contributed by atoms with Gasteiger partial charge >= 0.3 is 0 Å². The molecule has 3 heterocycles. The van der Waals surface area contributed by atoms with E-state index in [2.05, 4.69) is 30.9 Å². The topological polar surface area (TPSA) is 197 Å². The summed E-state index contributed by atoms with van der Waals surface area (Å²) in [6.07, 6.45) is 10.4. The summed E-state index contributed by atoms with van der Waals surface area (Å²) in [5.41, 5.74) is 14.6. The number of rotatable bonds is 30. The van der Waals surface area contributed by atoms with Gasteiger partial charge in [0.2, 0.25) is 0 Å². The zero-order chi connectivity index (χ0) is 77.8. The van der Waals surface area contributed by atoms with Crippen LogP contribution in [0.5, 0.6) is 0 Å². The molecule has 0 saturated heterocycles. The fourth-order valence-corrected chi connectivity index (χ4v) is 13.7. The highest BCUT2D eigenvalue weighted by molar-refractivity contribution is 6.12. The lowest BCUT2D eigenvalue weighted by Gasteiger charge is -2.18. The summed E-state index contributed by atoms with van der Waals surface area (Å²) in [5, 5.41) is 22.6. The van der Waals surface area contributed by atoms with Crippen LogP contribution in [0.15, 0.2) is 213 Å². The Kier molecular flexibility index (Phi) is 27.7. The van der Waals surface area contributed by atoms with Crippen molar-refractivity contribution in [2.75, 3.05) is 16.0 Å². The number of aliphatic hydroxyl groups excluding tert-OH is 1. The van der Waals surface area contributed by atoms with Crippen molar-refractivity contribution in [3.8, 4) is 33.4 Å². The average molecular weight is 1460 g/mol. The third kappa shape index (κ3) is 20.0. The molecule has 109 heavy (non-hydrogen) atoms. The summed E-state index contributed by atoms with van der Waals surface area (Å²) >= 11 is 0. The van der Waals surface area contributed by atoms with E-state index in [4.69, 9.17) is 0 Å². The highest BCUT2D eigenvalue weighted by Gasteiger charge is 2.24. The van der Waals surface area contributed by atoms with Gasteiger partial charge in [0, 0.05) is 103 Å². The Labute approximate surface area is 635 Å². The molecule has 0 spiro atoms. The van der Waals surface area contributed by atoms with E-state index in [0.29, 0.717) is 129 Å². The smallest absolute Gasteiger partial charge is 0.166 e. The molecule has 13 nitrogen and oxygen atoms in total. The molecular formula is C93H93F3N6O7. The number of pyridine rings is 3. The number of nitrogens with zero attached hydrogens (tertiary/aromatic N) is 3. The molecule has 12 aromatic rings. The van der Waals surface area contributed by atoms with E-state index in [-0.39, 0.29) is 76.5 Å². The lowest BCUT2D eigenvalue weighted by atomic mass is 9.90. The predicted molar refractivity (Wildman–Crippen MR) is 435 cm³/mol. The molecule has 558 valence electrons. The second-order valence-electron chi connectivity index (χ2n) is 27.8. The number of hydrogen-bond donors (Lipinski definition) is 4. The highest BCUT2D eigenvalue weighted by atomic mass is 19.1. The van der Waals surface area contributed by atoms with E-state index in [1.807, 2.05) is 200 Å². The Balaban J connectivity index is 0.000000174. The number of aromatic nitrogens is 3. The Bertz CT molecular complexity index is 5290. The van der Waals surface area contributed by atoms with Crippen LogP contribution in [0.1, 0.15) is 204 Å². The third-order valence-corrected chi connectivity index (χ3v) is 19.5. The normalized spacial score (nSPS) is 11.9. The van der Waals surface area contributed by atoms with Gasteiger partial charge in [-0.2, -0.15) is 0 Å². The number of ketones is 6. The van der Waals surface area contributed by atoms with E-state index >= 15 is 13.2 Å². The Hall–Kier alpha value is -11.6. The SMILES string of the molecule is CCCC(=O)CC(C)c1ccc(-c2cc3c(Nc4ccccc4)c(C(=O)CC)cnc3cc2CO)cc1F.CCCC(=O)CC(C)c1ccc(-c2ccc3ncc(C(=O)CC)c(Nc4ccccc4)c3c2)cc1F.CCCC(=O)CC(C)c1ccc(-c2ccc3ncc(C(C)=O)c(Nc4ccccc4)c3c2)cc1F. The minimum atomic E-state index is -0.390.